The van der Waals surface area contributed by atoms with Gasteiger partial charge in [0.15, 0.2) is 0 Å². The third kappa shape index (κ3) is 8.74. The van der Waals surface area contributed by atoms with E-state index in [0.29, 0.717) is 63.8 Å². The molecule has 316 valence electrons. The molecule has 0 aromatic heterocycles. The Labute approximate surface area is 368 Å². The van der Waals surface area contributed by atoms with E-state index < -0.39 is 0 Å². The summed E-state index contributed by atoms with van der Waals surface area (Å²) < 4.78 is 0. The molecule has 6 rings (SSSR count). The molecular weight excluding hydrogens is 761 g/mol. The van der Waals surface area contributed by atoms with E-state index in [9.17, 15) is 0 Å². The Kier molecular flexibility index (Phi) is 14.2. The van der Waals surface area contributed by atoms with Crippen molar-refractivity contribution in [1.29, 1.82) is 0 Å². The SMILES string of the molecule is CC(C)c1cccc(C(C)C)c1N1C=CN(c2c(C(C)C)cccc2C(C)C)C1=[Si]=[Si]=C1N(c2c(C(C)C)cccc2C(C)C)C=CN1c1c(C(C)C)cccc1C(C)C. The second-order valence-electron chi connectivity index (χ2n) is 19.4. The van der Waals surface area contributed by atoms with Crippen LogP contribution in [-0.4, -0.2) is 27.3 Å². The van der Waals surface area contributed by atoms with Crippen molar-refractivity contribution in [3.8, 4) is 0 Å². The van der Waals surface area contributed by atoms with Crippen LogP contribution in [0.1, 0.15) is 203 Å². The summed E-state index contributed by atoms with van der Waals surface area (Å²) in [6, 6.07) is 28.0. The maximum Gasteiger partial charge on any atom is 0.132 e. The Bertz CT molecular complexity index is 1940. The molecule has 0 aliphatic carbocycles. The summed E-state index contributed by atoms with van der Waals surface area (Å²) in [6.45, 7) is 37.6. The quantitative estimate of drug-likeness (QED) is 0.132. The summed E-state index contributed by atoms with van der Waals surface area (Å²) in [7, 11) is 0.983. The van der Waals surface area contributed by atoms with Crippen LogP contribution in [-0.2, 0) is 0 Å². The monoisotopic (exact) mass is 833 g/mol. The van der Waals surface area contributed by atoms with Crippen LogP contribution in [0.2, 0.25) is 0 Å². The smallest absolute Gasteiger partial charge is 0.132 e. The Morgan fingerprint density at radius 2 is 0.417 bits per heavy atom. The lowest BCUT2D eigenvalue weighted by Gasteiger charge is -2.33. The highest BCUT2D eigenvalue weighted by atomic mass is 28.8. The van der Waals surface area contributed by atoms with Gasteiger partial charge in [-0.15, -0.1) is 0 Å². The highest BCUT2D eigenvalue weighted by Crippen LogP contribution is 2.43. The molecule has 60 heavy (non-hydrogen) atoms. The minimum Gasteiger partial charge on any atom is -0.300 e. The predicted octanol–water partition coefficient (Wildman–Crippen LogP) is 14.5. The molecule has 6 heteroatoms. The van der Waals surface area contributed by atoms with Crippen LogP contribution in [0.15, 0.2) is 97.6 Å². The molecule has 2 heterocycles. The Morgan fingerprint density at radius 1 is 0.267 bits per heavy atom. The normalized spacial score (nSPS) is 14.4. The number of rotatable bonds is 12. The number of benzene rings is 4. The van der Waals surface area contributed by atoms with Gasteiger partial charge in [-0.25, -0.2) is 0 Å². The fraction of sp³-hybridized carbons (Fsp3) is 0.444. The highest BCUT2D eigenvalue weighted by Gasteiger charge is 2.33. The predicted molar refractivity (Wildman–Crippen MR) is 268 cm³/mol. The van der Waals surface area contributed by atoms with Crippen molar-refractivity contribution in [2.75, 3.05) is 19.6 Å². The third-order valence-electron chi connectivity index (χ3n) is 12.3. The van der Waals surface area contributed by atoms with Crippen LogP contribution in [0.5, 0.6) is 0 Å². The van der Waals surface area contributed by atoms with Crippen molar-refractivity contribution in [2.45, 2.75) is 158 Å². The molecule has 0 N–H and O–H groups in total. The van der Waals surface area contributed by atoms with Gasteiger partial charge in [0.25, 0.3) is 0 Å². The first kappa shape index (κ1) is 45.3. The van der Waals surface area contributed by atoms with Gasteiger partial charge < -0.3 is 0 Å². The van der Waals surface area contributed by atoms with Gasteiger partial charge in [-0.1, -0.05) is 184 Å². The zero-order valence-electron chi connectivity index (χ0n) is 39.6. The van der Waals surface area contributed by atoms with Gasteiger partial charge >= 0.3 is 0 Å². The molecule has 0 radical (unpaired) electrons. The largest absolute Gasteiger partial charge is 0.300 e. The molecule has 0 unspecified atom stereocenters. The van der Waals surface area contributed by atoms with Crippen molar-refractivity contribution in [3.05, 3.63) is 142 Å². The van der Waals surface area contributed by atoms with Gasteiger partial charge in [-0.05, 0) is 91.9 Å². The molecule has 0 saturated heterocycles. The van der Waals surface area contributed by atoms with Gasteiger partial charge in [-0.2, -0.15) is 0 Å². The van der Waals surface area contributed by atoms with Crippen molar-refractivity contribution < 1.29 is 0 Å². The molecule has 4 aromatic carbocycles. The highest BCUT2D eigenvalue weighted by molar-refractivity contribution is 6.87. The van der Waals surface area contributed by atoms with Crippen molar-refractivity contribution >= 4 is 50.0 Å². The molecule has 0 bridgehead atoms. The lowest BCUT2D eigenvalue weighted by Crippen LogP contribution is -2.39. The Balaban J connectivity index is 1.81. The molecule has 0 saturated carbocycles. The molecule has 0 fully saturated rings. The Hall–Kier alpha value is -4.27. The molecule has 0 amide bonds. The molecule has 2 aliphatic rings. The van der Waals surface area contributed by atoms with E-state index >= 15 is 0 Å². The van der Waals surface area contributed by atoms with Crippen LogP contribution in [0.4, 0.5) is 22.7 Å². The number of hydrogen-bond donors (Lipinski definition) is 0. The average Bonchev–Trinajstić information content (AvgIpc) is 3.82. The molecule has 4 nitrogen and oxygen atoms in total. The van der Waals surface area contributed by atoms with E-state index in [1.54, 1.807) is 0 Å². The molecule has 0 atom stereocenters. The summed E-state index contributed by atoms with van der Waals surface area (Å²) in [6.07, 6.45) is 9.52. The molecule has 2 aliphatic heterocycles. The second-order valence-corrected chi connectivity index (χ2v) is 22.2. The lowest BCUT2D eigenvalue weighted by molar-refractivity contribution is 0.830. The maximum atomic E-state index is 2.60. The van der Waals surface area contributed by atoms with Crippen LogP contribution in [0.3, 0.4) is 0 Å². The first-order valence-electron chi connectivity index (χ1n) is 22.8. The van der Waals surface area contributed by atoms with Crippen LogP contribution in [0.25, 0.3) is 0 Å². The number of para-hydroxylation sites is 4. The van der Waals surface area contributed by atoms with E-state index in [1.807, 2.05) is 0 Å². The second kappa shape index (κ2) is 18.8. The van der Waals surface area contributed by atoms with Crippen LogP contribution in [0, 0.1) is 0 Å². The Morgan fingerprint density at radius 3 is 0.550 bits per heavy atom. The maximum absolute atomic E-state index is 2.60. The lowest BCUT2D eigenvalue weighted by atomic mass is 9.91. The van der Waals surface area contributed by atoms with Gasteiger partial charge in [0.1, 0.15) is 10.8 Å². The van der Waals surface area contributed by atoms with E-state index in [-0.39, 0.29) is 0 Å². The van der Waals surface area contributed by atoms with Crippen molar-refractivity contribution in [2.24, 2.45) is 0 Å². The summed E-state index contributed by atoms with van der Waals surface area (Å²) in [5.41, 5.74) is 19.3. The molecule has 4 aromatic rings. The fourth-order valence-corrected chi connectivity index (χ4v) is 12.6. The zero-order chi connectivity index (χ0) is 43.7. The van der Waals surface area contributed by atoms with Crippen molar-refractivity contribution in [1.82, 2.24) is 0 Å². The van der Waals surface area contributed by atoms with Crippen LogP contribution < -0.4 is 19.6 Å². The summed E-state index contributed by atoms with van der Waals surface area (Å²) >= 11 is 0. The van der Waals surface area contributed by atoms with Crippen LogP contribution >= 0.6 is 0 Å². The van der Waals surface area contributed by atoms with E-state index in [2.05, 4.69) is 228 Å². The minimum atomic E-state index is 0.380. The van der Waals surface area contributed by atoms with E-state index in [4.69, 9.17) is 0 Å². The average molecular weight is 833 g/mol. The third-order valence-corrected chi connectivity index (χ3v) is 15.5. The molecule has 0 spiro atoms. The first-order valence-corrected chi connectivity index (χ1v) is 25.8. The first-order chi connectivity index (χ1) is 28.5. The number of anilines is 4. The number of hydrogen-bond acceptors (Lipinski definition) is 4. The number of nitrogens with zero attached hydrogens (tertiary/aromatic N) is 4. The minimum absolute atomic E-state index is 0.380. The van der Waals surface area contributed by atoms with E-state index in [1.165, 1.54) is 78.1 Å². The van der Waals surface area contributed by atoms with Gasteiger partial charge in [0, 0.05) is 41.3 Å². The zero-order valence-corrected chi connectivity index (χ0v) is 41.6. The van der Waals surface area contributed by atoms with E-state index in [0.717, 1.165) is 0 Å². The fourth-order valence-electron chi connectivity index (χ4n) is 9.02. The van der Waals surface area contributed by atoms with Crippen molar-refractivity contribution in [3.63, 3.8) is 0 Å². The molecular formula is C54H72N4Si2. The standard InChI is InChI=1S/C54H72N4Si2/c1-33(2)41-21-17-22-42(34(3)4)49(41)55-29-30-56(50-43(35(5)6)23-18-24-44(50)36(7)8)53(55)59-60-54-57(51-45(37(9)10)25-19-26-46(51)38(11)12)31-32-58(54)52-47(39(13)14)27-20-28-48(52)40(15)16/h17-40H,1-16H3. The topological polar surface area (TPSA) is 13.0 Å². The van der Waals surface area contributed by atoms with Gasteiger partial charge in [0.2, 0.25) is 0 Å². The summed E-state index contributed by atoms with van der Waals surface area (Å²) in [5, 5.41) is 0. The summed E-state index contributed by atoms with van der Waals surface area (Å²) in [5.74, 6) is 3.04. The van der Waals surface area contributed by atoms with Gasteiger partial charge in [-0.3, -0.25) is 19.6 Å². The summed E-state index contributed by atoms with van der Waals surface area (Å²) in [4.78, 5) is 10.4. The van der Waals surface area contributed by atoms with Gasteiger partial charge in [0.05, 0.1) is 22.7 Å².